The third-order valence-corrected chi connectivity index (χ3v) is 7.92. The van der Waals surface area contributed by atoms with Crippen LogP contribution in [0.15, 0.2) is 42.6 Å². The van der Waals surface area contributed by atoms with Crippen molar-refractivity contribution in [3.8, 4) is 0 Å². The maximum atomic E-state index is 15.6. The van der Waals surface area contributed by atoms with Crippen LogP contribution in [0.2, 0.25) is 0 Å². The molecule has 2 aliphatic heterocycles. The largest absolute Gasteiger partial charge is 0.358 e. The minimum atomic E-state index is -1.38. The van der Waals surface area contributed by atoms with E-state index in [4.69, 9.17) is 0 Å². The summed E-state index contributed by atoms with van der Waals surface area (Å²) in [7, 11) is 0. The molecule has 1 saturated heterocycles. The zero-order valence-corrected chi connectivity index (χ0v) is 21.0. The molecule has 6 rings (SSSR count). The van der Waals surface area contributed by atoms with E-state index in [1.165, 1.54) is 10.9 Å². The number of aromatic amines is 2. The Kier molecular flexibility index (Phi) is 5.68. The van der Waals surface area contributed by atoms with Crippen molar-refractivity contribution in [3.05, 3.63) is 70.8 Å². The van der Waals surface area contributed by atoms with Crippen LogP contribution in [0.4, 0.5) is 13.2 Å². The highest BCUT2D eigenvalue weighted by molar-refractivity contribution is 5.88. The van der Waals surface area contributed by atoms with Gasteiger partial charge in [0.1, 0.15) is 5.67 Å². The first-order chi connectivity index (χ1) is 17.2. The number of fused-ring (bicyclic) bond motifs is 4. The predicted octanol–water partition coefficient (Wildman–Crippen LogP) is 6.27. The molecule has 2 aliphatic rings. The molecule has 4 heterocycles. The van der Waals surface area contributed by atoms with Crippen LogP contribution in [0, 0.1) is 11.7 Å². The lowest BCUT2D eigenvalue weighted by molar-refractivity contribution is 0.0672. The first-order valence-electron chi connectivity index (χ1n) is 12.8. The van der Waals surface area contributed by atoms with Gasteiger partial charge in [-0.2, -0.15) is 0 Å². The van der Waals surface area contributed by atoms with Crippen LogP contribution in [0.5, 0.6) is 0 Å². The second-order valence-electron chi connectivity index (χ2n) is 11.3. The number of hydrogen-bond donors (Lipinski definition) is 2. The fourth-order valence-electron chi connectivity index (χ4n) is 6.24. The van der Waals surface area contributed by atoms with Gasteiger partial charge in [0.2, 0.25) is 0 Å². The van der Waals surface area contributed by atoms with Gasteiger partial charge < -0.3 is 9.97 Å². The minimum absolute atomic E-state index is 0.0680. The monoisotopic (exact) mass is 494 g/mol. The minimum Gasteiger partial charge on any atom is -0.358 e. The Hall–Kier alpha value is -2.77. The summed E-state index contributed by atoms with van der Waals surface area (Å²) in [5.41, 5.74) is 4.02. The van der Waals surface area contributed by atoms with Gasteiger partial charge >= 0.3 is 0 Å². The fraction of sp³-hybridized carbons (Fsp3) is 0.448. The van der Waals surface area contributed by atoms with E-state index in [1.54, 1.807) is 13.8 Å². The molecule has 36 heavy (non-hydrogen) atoms. The van der Waals surface area contributed by atoms with Crippen molar-refractivity contribution in [2.75, 3.05) is 26.3 Å². The Bertz CT molecular complexity index is 1410. The van der Waals surface area contributed by atoms with Crippen molar-refractivity contribution in [2.45, 2.75) is 51.5 Å². The molecule has 2 N–H and O–H groups in total. The number of nitrogens with one attached hydrogen (secondary N) is 2. The van der Waals surface area contributed by atoms with Crippen LogP contribution < -0.4 is 0 Å². The summed E-state index contributed by atoms with van der Waals surface area (Å²) in [5.74, 6) is -0.195. The van der Waals surface area contributed by atoms with Gasteiger partial charge in [-0.15, -0.1) is 0 Å². The van der Waals surface area contributed by atoms with Gasteiger partial charge in [-0.1, -0.05) is 30.3 Å². The van der Waals surface area contributed by atoms with Crippen LogP contribution in [0.3, 0.4) is 0 Å². The normalized spacial score (nSPS) is 21.8. The summed E-state index contributed by atoms with van der Waals surface area (Å²) >= 11 is 0. The molecule has 0 unspecified atom stereocenters. The quantitative estimate of drug-likeness (QED) is 0.331. The summed E-state index contributed by atoms with van der Waals surface area (Å²) in [4.78, 5) is 11.1. The van der Waals surface area contributed by atoms with E-state index in [2.05, 4.69) is 38.8 Å². The number of halogens is 3. The number of rotatable bonds is 6. The van der Waals surface area contributed by atoms with Crippen LogP contribution in [-0.4, -0.2) is 57.8 Å². The lowest BCUT2D eigenvalue weighted by Crippen LogP contribution is -2.47. The number of likely N-dealkylation sites (tertiary alicyclic amines) is 1. The molecule has 2 aromatic heterocycles. The molecule has 2 atom stereocenters. The van der Waals surface area contributed by atoms with Gasteiger partial charge in [0.15, 0.2) is 5.82 Å². The van der Waals surface area contributed by atoms with Crippen molar-refractivity contribution < 1.29 is 13.2 Å². The molecule has 0 spiro atoms. The van der Waals surface area contributed by atoms with Crippen molar-refractivity contribution in [2.24, 2.45) is 5.92 Å². The molecule has 4 nitrogen and oxygen atoms in total. The maximum absolute atomic E-state index is 15.6. The average Bonchev–Trinajstić information content (AvgIpc) is 3.39. The van der Waals surface area contributed by atoms with Crippen molar-refractivity contribution in [3.63, 3.8) is 0 Å². The molecule has 4 aromatic rings. The Morgan fingerprint density at radius 3 is 2.61 bits per heavy atom. The van der Waals surface area contributed by atoms with E-state index >= 15 is 8.78 Å². The van der Waals surface area contributed by atoms with E-state index in [1.807, 2.05) is 30.5 Å². The number of nitrogens with zero attached hydrogens (tertiary/aromatic N) is 2. The van der Waals surface area contributed by atoms with Gasteiger partial charge in [-0.05, 0) is 38.8 Å². The van der Waals surface area contributed by atoms with Crippen molar-refractivity contribution in [1.82, 2.24) is 19.8 Å². The van der Waals surface area contributed by atoms with E-state index < -0.39 is 5.67 Å². The third kappa shape index (κ3) is 3.93. The Morgan fingerprint density at radius 2 is 1.86 bits per heavy atom. The van der Waals surface area contributed by atoms with E-state index in [9.17, 15) is 4.39 Å². The van der Waals surface area contributed by atoms with E-state index in [0.717, 1.165) is 28.6 Å². The highest BCUT2D eigenvalue weighted by Crippen LogP contribution is 2.44. The molecule has 190 valence electrons. The molecular weight excluding hydrogens is 461 g/mol. The lowest BCUT2D eigenvalue weighted by Gasteiger charge is -2.42. The summed E-state index contributed by atoms with van der Waals surface area (Å²) in [6, 6.07) is 12.0. The van der Waals surface area contributed by atoms with Gasteiger partial charge in [0.25, 0.3) is 0 Å². The molecule has 0 amide bonds. The number of hydrogen-bond acceptors (Lipinski definition) is 2. The van der Waals surface area contributed by atoms with Crippen LogP contribution in [0.25, 0.3) is 21.8 Å². The topological polar surface area (TPSA) is 38.1 Å². The van der Waals surface area contributed by atoms with E-state index in [0.29, 0.717) is 30.7 Å². The number of H-pyrrole nitrogens is 2. The highest BCUT2D eigenvalue weighted by atomic mass is 19.1. The zero-order valence-electron chi connectivity index (χ0n) is 21.0. The van der Waals surface area contributed by atoms with Gasteiger partial charge in [-0.3, -0.25) is 14.2 Å². The number of aromatic nitrogens is 2. The van der Waals surface area contributed by atoms with Crippen LogP contribution >= 0.6 is 0 Å². The van der Waals surface area contributed by atoms with Gasteiger partial charge in [-0.25, -0.2) is 8.78 Å². The standard InChI is InChI=1S/C29H33F3N4/c1-17-10-22-20-6-4-5-7-24(20)34-27(22)28(36(17)16-29(2,3)32)23-12-33-26-21(23)9-8-19(25(26)31)15-35-13-18(11-30)14-35/h4-9,12,17-18,28,33-34H,10-11,13-16H2,1-3H3/t17-,28-/m1/s1. The number of benzene rings is 2. The average molecular weight is 495 g/mol. The van der Waals surface area contributed by atoms with Crippen molar-refractivity contribution in [1.29, 1.82) is 0 Å². The zero-order chi connectivity index (χ0) is 25.2. The number of para-hydroxylation sites is 1. The summed E-state index contributed by atoms with van der Waals surface area (Å²) in [6.07, 6.45) is 2.71. The third-order valence-electron chi connectivity index (χ3n) is 7.92. The molecule has 0 bridgehead atoms. The van der Waals surface area contributed by atoms with Crippen molar-refractivity contribution >= 4 is 21.8 Å². The molecule has 7 heteroatoms. The second-order valence-corrected chi connectivity index (χ2v) is 11.3. The highest BCUT2D eigenvalue weighted by Gasteiger charge is 2.39. The van der Waals surface area contributed by atoms with Gasteiger partial charge in [0, 0.05) is 77.4 Å². The lowest BCUT2D eigenvalue weighted by atomic mass is 9.87. The SMILES string of the molecule is C[C@@H]1Cc2c([nH]c3ccccc23)[C@@H](c2c[nH]c3c(F)c(CN4CC(CF)C4)ccc23)N1CC(C)(C)F. The Labute approximate surface area is 209 Å². The molecule has 1 fully saturated rings. The molecule has 0 aliphatic carbocycles. The maximum Gasteiger partial charge on any atom is 0.151 e. The van der Waals surface area contributed by atoms with E-state index in [-0.39, 0.29) is 37.0 Å². The smallest absolute Gasteiger partial charge is 0.151 e. The Balaban J connectivity index is 1.44. The molecule has 2 aromatic carbocycles. The summed E-state index contributed by atoms with van der Waals surface area (Å²) in [5, 5.41) is 2.00. The summed E-state index contributed by atoms with van der Waals surface area (Å²) in [6.45, 7) is 7.13. The molecular formula is C29H33F3N4. The molecule has 0 radical (unpaired) electrons. The molecule has 0 saturated carbocycles. The first kappa shape index (κ1) is 23.6. The first-order valence-corrected chi connectivity index (χ1v) is 12.8. The predicted molar refractivity (Wildman–Crippen MR) is 138 cm³/mol. The Morgan fingerprint density at radius 1 is 1.08 bits per heavy atom. The van der Waals surface area contributed by atoms with Gasteiger partial charge in [0.05, 0.1) is 18.2 Å². The van der Waals surface area contributed by atoms with Crippen LogP contribution in [-0.2, 0) is 13.0 Å². The van der Waals surface area contributed by atoms with Crippen LogP contribution in [0.1, 0.15) is 49.2 Å². The summed E-state index contributed by atoms with van der Waals surface area (Å²) < 4.78 is 43.5. The number of alkyl halides is 2. The second kappa shape index (κ2) is 8.67. The fourth-order valence-corrected chi connectivity index (χ4v) is 6.24.